The Labute approximate surface area is 161 Å². The van der Waals surface area contributed by atoms with E-state index in [1.54, 1.807) is 11.6 Å². The smallest absolute Gasteiger partial charge is 0.327 e. The zero-order chi connectivity index (χ0) is 20.4. The Hall–Kier alpha value is -2.44. The normalized spacial score (nSPS) is 24.4. The van der Waals surface area contributed by atoms with Crippen molar-refractivity contribution in [1.82, 2.24) is 9.36 Å². The minimum atomic E-state index is -0.847. The van der Waals surface area contributed by atoms with E-state index < -0.39 is 17.6 Å². The molecule has 2 aliphatic carbocycles. The first-order valence-corrected chi connectivity index (χ1v) is 9.60. The Morgan fingerprint density at radius 2 is 2.00 bits per heavy atom. The minimum absolute atomic E-state index is 0.0400. The summed E-state index contributed by atoms with van der Waals surface area (Å²) in [5.41, 5.74) is 0.549. The van der Waals surface area contributed by atoms with E-state index in [0.29, 0.717) is 5.56 Å². The third kappa shape index (κ3) is 2.28. The van der Waals surface area contributed by atoms with Crippen LogP contribution in [0.3, 0.4) is 0 Å². The molecule has 0 amide bonds. The van der Waals surface area contributed by atoms with Gasteiger partial charge in [0.25, 0.3) is 5.56 Å². The molecule has 7 heteroatoms. The van der Waals surface area contributed by atoms with Crippen LogP contribution in [0, 0.1) is 17.0 Å². The maximum atomic E-state index is 14.6. The predicted octanol–water partition coefficient (Wildman–Crippen LogP) is 3.66. The van der Waals surface area contributed by atoms with E-state index in [1.807, 2.05) is 0 Å². The van der Waals surface area contributed by atoms with Gasteiger partial charge in [-0.25, -0.2) is 13.5 Å². The molecule has 2 aliphatic rings. The molecule has 0 aliphatic heterocycles. The summed E-state index contributed by atoms with van der Waals surface area (Å²) in [7, 11) is 0. The van der Waals surface area contributed by atoms with Gasteiger partial charge >= 0.3 is 5.97 Å². The summed E-state index contributed by atoms with van der Waals surface area (Å²) < 4.78 is 35.8. The van der Waals surface area contributed by atoms with Gasteiger partial charge in [0.2, 0.25) is 0 Å². The van der Waals surface area contributed by atoms with Gasteiger partial charge in [0.05, 0.1) is 12.3 Å². The van der Waals surface area contributed by atoms with Crippen LogP contribution in [0.4, 0.5) is 8.78 Å². The van der Waals surface area contributed by atoms with E-state index in [4.69, 9.17) is 4.74 Å². The molecule has 150 valence electrons. The first-order chi connectivity index (χ1) is 13.1. The van der Waals surface area contributed by atoms with Crippen molar-refractivity contribution in [3.8, 4) is 5.69 Å². The van der Waals surface area contributed by atoms with Crippen molar-refractivity contribution in [2.75, 3.05) is 6.61 Å². The summed E-state index contributed by atoms with van der Waals surface area (Å²) in [6, 6.07) is 3.09. The Kier molecular flexibility index (Phi) is 4.07. The number of carbonyl (C=O) groups is 1. The van der Waals surface area contributed by atoms with Gasteiger partial charge in [0.15, 0.2) is 5.82 Å². The molecule has 0 N–H and O–H groups in total. The Balaban J connectivity index is 2.00. The molecule has 4 rings (SSSR count). The standard InChI is InChI=1S/C21H24F2N2O3/c1-5-28-16(26)11-24-18-17(13-8-9-21(18,4)20(13,2)3)19(27)25(24)15-7-6-12(22)10-14(15)23/h6-7,10,13H,5,8-9,11H2,1-4H3/t13?,21-/m1/s1. The number of fused-ring (bicyclic) bond motifs is 5. The number of nitrogens with zero attached hydrogens (tertiary/aromatic N) is 2. The van der Waals surface area contributed by atoms with Crippen LogP contribution in [0.2, 0.25) is 0 Å². The molecule has 2 aromatic rings. The average molecular weight is 390 g/mol. The Morgan fingerprint density at radius 1 is 1.29 bits per heavy atom. The lowest BCUT2D eigenvalue weighted by molar-refractivity contribution is -0.144. The average Bonchev–Trinajstić information content (AvgIpc) is 3.08. The molecule has 2 atom stereocenters. The van der Waals surface area contributed by atoms with Crippen LogP contribution in [0.15, 0.2) is 23.0 Å². The molecular weight excluding hydrogens is 366 g/mol. The van der Waals surface area contributed by atoms with Crippen molar-refractivity contribution < 1.29 is 18.3 Å². The summed E-state index contributed by atoms with van der Waals surface area (Å²) >= 11 is 0. The van der Waals surface area contributed by atoms with Gasteiger partial charge in [-0.3, -0.25) is 14.3 Å². The second kappa shape index (κ2) is 6.03. The summed E-state index contributed by atoms with van der Waals surface area (Å²) in [6.07, 6.45) is 1.76. The van der Waals surface area contributed by atoms with Crippen LogP contribution in [-0.4, -0.2) is 21.9 Å². The predicted molar refractivity (Wildman–Crippen MR) is 99.7 cm³/mol. The highest BCUT2D eigenvalue weighted by atomic mass is 19.1. The van der Waals surface area contributed by atoms with Crippen LogP contribution >= 0.6 is 0 Å². The number of ether oxygens (including phenoxy) is 1. The molecule has 2 bridgehead atoms. The van der Waals surface area contributed by atoms with Gasteiger partial charge in [-0.1, -0.05) is 20.8 Å². The van der Waals surface area contributed by atoms with E-state index in [1.165, 1.54) is 10.7 Å². The number of aromatic nitrogens is 2. The van der Waals surface area contributed by atoms with Gasteiger partial charge in [-0.2, -0.15) is 0 Å². The Morgan fingerprint density at radius 3 is 2.64 bits per heavy atom. The summed E-state index contributed by atoms with van der Waals surface area (Å²) in [5.74, 6) is -2.03. The first kappa shape index (κ1) is 18.9. The molecule has 1 saturated carbocycles. The second-order valence-corrected chi connectivity index (χ2v) is 8.48. The zero-order valence-electron chi connectivity index (χ0n) is 16.5. The van der Waals surface area contributed by atoms with Crippen molar-refractivity contribution in [1.29, 1.82) is 0 Å². The number of halogens is 2. The van der Waals surface area contributed by atoms with Crippen LogP contribution in [-0.2, 0) is 21.5 Å². The molecule has 28 heavy (non-hydrogen) atoms. The molecule has 5 nitrogen and oxygen atoms in total. The van der Waals surface area contributed by atoms with Crippen molar-refractivity contribution in [2.24, 2.45) is 5.41 Å². The van der Waals surface area contributed by atoms with E-state index in [-0.39, 0.29) is 41.1 Å². The number of esters is 1. The molecule has 1 fully saturated rings. The summed E-state index contributed by atoms with van der Waals surface area (Å²) in [4.78, 5) is 25.7. The van der Waals surface area contributed by atoms with Gasteiger partial charge in [-0.15, -0.1) is 0 Å². The van der Waals surface area contributed by atoms with Crippen LogP contribution < -0.4 is 5.56 Å². The summed E-state index contributed by atoms with van der Waals surface area (Å²) in [6.45, 7) is 8.10. The van der Waals surface area contributed by atoms with Crippen molar-refractivity contribution in [3.63, 3.8) is 0 Å². The third-order valence-electron chi connectivity index (χ3n) is 7.00. The number of benzene rings is 1. The van der Waals surface area contributed by atoms with Crippen molar-refractivity contribution >= 4 is 5.97 Å². The van der Waals surface area contributed by atoms with Gasteiger partial charge in [0, 0.05) is 17.0 Å². The maximum absolute atomic E-state index is 14.6. The topological polar surface area (TPSA) is 53.2 Å². The fourth-order valence-electron chi connectivity index (χ4n) is 5.26. The minimum Gasteiger partial charge on any atom is -0.465 e. The zero-order valence-corrected chi connectivity index (χ0v) is 16.5. The maximum Gasteiger partial charge on any atom is 0.327 e. The number of hydrogen-bond acceptors (Lipinski definition) is 3. The van der Waals surface area contributed by atoms with Crippen LogP contribution in [0.5, 0.6) is 0 Å². The van der Waals surface area contributed by atoms with Crippen LogP contribution in [0.25, 0.3) is 5.69 Å². The number of carbonyl (C=O) groups excluding carboxylic acids is 1. The third-order valence-corrected chi connectivity index (χ3v) is 7.00. The highest BCUT2D eigenvalue weighted by Crippen LogP contribution is 2.67. The molecule has 1 unspecified atom stereocenters. The van der Waals surface area contributed by atoms with Gasteiger partial charge < -0.3 is 4.74 Å². The molecule has 1 aromatic heterocycles. The van der Waals surface area contributed by atoms with Crippen LogP contribution in [0.1, 0.15) is 57.7 Å². The Bertz CT molecular complexity index is 1040. The lowest BCUT2D eigenvalue weighted by Crippen LogP contribution is -2.37. The van der Waals surface area contributed by atoms with E-state index in [9.17, 15) is 18.4 Å². The molecule has 0 radical (unpaired) electrons. The monoisotopic (exact) mass is 390 g/mol. The van der Waals surface area contributed by atoms with E-state index in [0.717, 1.165) is 30.7 Å². The number of hydrogen-bond donors (Lipinski definition) is 0. The fourth-order valence-corrected chi connectivity index (χ4v) is 5.26. The molecule has 0 saturated heterocycles. The van der Waals surface area contributed by atoms with Gasteiger partial charge in [-0.05, 0) is 43.2 Å². The van der Waals surface area contributed by atoms with E-state index >= 15 is 0 Å². The summed E-state index contributed by atoms with van der Waals surface area (Å²) in [5, 5.41) is 0. The molecule has 1 aromatic carbocycles. The highest BCUT2D eigenvalue weighted by molar-refractivity contribution is 5.69. The fraction of sp³-hybridized carbons (Fsp3) is 0.524. The quantitative estimate of drug-likeness (QED) is 0.749. The lowest BCUT2D eigenvalue weighted by atomic mass is 9.70. The lowest BCUT2D eigenvalue weighted by Gasteiger charge is -2.36. The first-order valence-electron chi connectivity index (χ1n) is 9.60. The molecule has 0 spiro atoms. The second-order valence-electron chi connectivity index (χ2n) is 8.48. The molecule has 1 heterocycles. The molecular formula is C21H24F2N2O3. The largest absolute Gasteiger partial charge is 0.465 e. The highest BCUT2D eigenvalue weighted by Gasteiger charge is 2.63. The van der Waals surface area contributed by atoms with E-state index in [2.05, 4.69) is 20.8 Å². The number of rotatable bonds is 4. The van der Waals surface area contributed by atoms with Gasteiger partial charge in [0.1, 0.15) is 18.0 Å². The van der Waals surface area contributed by atoms with Crippen molar-refractivity contribution in [2.45, 2.75) is 58.4 Å². The van der Waals surface area contributed by atoms with Crippen molar-refractivity contribution in [3.05, 3.63) is 51.4 Å². The SMILES string of the molecule is CCOC(=O)Cn1c2c(c(=O)n1-c1ccc(F)cc1F)C1CC[C@@]2(C)C1(C)C.